The highest BCUT2D eigenvalue weighted by atomic mass is 16.5. The Balaban J connectivity index is 0.000000980. The lowest BCUT2D eigenvalue weighted by Crippen LogP contribution is -1.93. The van der Waals surface area contributed by atoms with Crippen LogP contribution in [-0.4, -0.2) is 7.11 Å². The monoisotopic (exact) mass is 174 g/mol. The van der Waals surface area contributed by atoms with Gasteiger partial charge < -0.3 is 4.74 Å². The maximum absolute atomic E-state index is 5.10. The van der Waals surface area contributed by atoms with E-state index in [1.807, 2.05) is 12.1 Å². The molecule has 2 rings (SSSR count). The molecule has 1 aliphatic rings. The zero-order chi connectivity index (χ0) is 9.10. The van der Waals surface area contributed by atoms with Crippen molar-refractivity contribution in [3.8, 4) is 17.6 Å². The van der Waals surface area contributed by atoms with Crippen LogP contribution < -0.4 is 4.74 Å². The topological polar surface area (TPSA) is 9.23 Å². The van der Waals surface area contributed by atoms with Crippen LogP contribution in [0.4, 0.5) is 0 Å². The van der Waals surface area contributed by atoms with Gasteiger partial charge in [-0.1, -0.05) is 12.1 Å². The zero-order valence-corrected chi connectivity index (χ0v) is 7.71. The fraction of sp³-hybridized carbons (Fsp3) is 0.333. The summed E-state index contributed by atoms with van der Waals surface area (Å²) in [6.45, 7) is 0. The minimum absolute atomic E-state index is 0. The highest BCUT2D eigenvalue weighted by Gasteiger charge is 2.11. The number of benzene rings is 1. The lowest BCUT2D eigenvalue weighted by molar-refractivity contribution is 0.414. The molecule has 0 N–H and O–H groups in total. The molecule has 1 aromatic carbocycles. The highest BCUT2D eigenvalue weighted by molar-refractivity contribution is 5.32. The molecule has 1 aromatic rings. The standard InChI is InChI=1S/C12H12O.H2/c1-13-12-8-6-11(7-9-12)10-4-2-3-5-10;/h6-10H,4-5H2,1H3;1H. The first-order valence-electron chi connectivity index (χ1n) is 4.50. The van der Waals surface area contributed by atoms with Crippen molar-refractivity contribution in [3.63, 3.8) is 0 Å². The summed E-state index contributed by atoms with van der Waals surface area (Å²) < 4.78 is 5.10. The smallest absolute Gasteiger partial charge is 0.118 e. The lowest BCUT2D eigenvalue weighted by atomic mass is 9.97. The molecule has 13 heavy (non-hydrogen) atoms. The van der Waals surface area contributed by atoms with E-state index in [0.29, 0.717) is 5.92 Å². The second kappa shape index (κ2) is 3.53. The molecule has 1 heteroatoms. The summed E-state index contributed by atoms with van der Waals surface area (Å²) in [7, 11) is 1.69. The van der Waals surface area contributed by atoms with Crippen molar-refractivity contribution in [3.05, 3.63) is 29.8 Å². The summed E-state index contributed by atoms with van der Waals surface area (Å²) in [5.74, 6) is 7.74. The van der Waals surface area contributed by atoms with Crippen LogP contribution >= 0.6 is 0 Å². The SMILES string of the molecule is COc1ccc(C2CC#CC2)cc1.[HH]. The van der Waals surface area contributed by atoms with E-state index in [0.717, 1.165) is 18.6 Å². The van der Waals surface area contributed by atoms with Gasteiger partial charge in [-0.25, -0.2) is 0 Å². The molecular formula is C12H14O. The predicted octanol–water partition coefficient (Wildman–Crippen LogP) is 2.82. The number of hydrogen-bond donors (Lipinski definition) is 0. The Bertz CT molecular complexity index is 335. The second-order valence-corrected chi connectivity index (χ2v) is 3.23. The maximum atomic E-state index is 5.10. The average molecular weight is 174 g/mol. The summed E-state index contributed by atoms with van der Waals surface area (Å²) >= 11 is 0. The van der Waals surface area contributed by atoms with Gasteiger partial charge in [-0.2, -0.15) is 0 Å². The number of hydrogen-bond acceptors (Lipinski definition) is 1. The lowest BCUT2D eigenvalue weighted by Gasteiger charge is -2.08. The summed E-state index contributed by atoms with van der Waals surface area (Å²) in [5, 5.41) is 0. The minimum atomic E-state index is 0. The molecule has 0 unspecified atom stereocenters. The first-order chi connectivity index (χ1) is 6.40. The van der Waals surface area contributed by atoms with Gasteiger partial charge in [0.15, 0.2) is 0 Å². The molecule has 0 bridgehead atoms. The van der Waals surface area contributed by atoms with E-state index in [4.69, 9.17) is 4.74 Å². The number of rotatable bonds is 2. The molecule has 0 fully saturated rings. The van der Waals surface area contributed by atoms with E-state index in [9.17, 15) is 0 Å². The molecule has 0 saturated carbocycles. The molecule has 68 valence electrons. The van der Waals surface area contributed by atoms with Crippen LogP contribution in [0.25, 0.3) is 0 Å². The van der Waals surface area contributed by atoms with Crippen LogP contribution in [0.5, 0.6) is 5.75 Å². The quantitative estimate of drug-likeness (QED) is 0.626. The fourth-order valence-electron chi connectivity index (χ4n) is 1.57. The summed E-state index contributed by atoms with van der Waals surface area (Å²) in [6, 6.07) is 8.26. The molecule has 1 nitrogen and oxygen atoms in total. The van der Waals surface area contributed by atoms with Crippen molar-refractivity contribution in [1.29, 1.82) is 0 Å². The van der Waals surface area contributed by atoms with Crippen molar-refractivity contribution >= 4 is 0 Å². The predicted molar refractivity (Wildman–Crippen MR) is 54.9 cm³/mol. The van der Waals surface area contributed by atoms with E-state index in [2.05, 4.69) is 24.0 Å². The molecule has 0 radical (unpaired) electrons. The third kappa shape index (κ3) is 1.67. The average Bonchev–Trinajstić information content (AvgIpc) is 2.71. The van der Waals surface area contributed by atoms with Crippen LogP contribution in [0.1, 0.15) is 25.7 Å². The normalized spacial score (nSPS) is 15.2. The third-order valence-corrected chi connectivity index (χ3v) is 2.41. The van der Waals surface area contributed by atoms with E-state index in [1.54, 1.807) is 7.11 Å². The van der Waals surface area contributed by atoms with E-state index in [1.165, 1.54) is 5.56 Å². The largest absolute Gasteiger partial charge is 0.497 e. The van der Waals surface area contributed by atoms with Gasteiger partial charge in [0.05, 0.1) is 7.11 Å². The summed E-state index contributed by atoms with van der Waals surface area (Å²) in [5.41, 5.74) is 1.36. The van der Waals surface area contributed by atoms with Crippen LogP contribution in [0.2, 0.25) is 0 Å². The van der Waals surface area contributed by atoms with Crippen molar-refractivity contribution in [2.45, 2.75) is 18.8 Å². The zero-order valence-electron chi connectivity index (χ0n) is 7.71. The molecule has 0 atom stereocenters. The van der Waals surface area contributed by atoms with Gasteiger partial charge in [-0.15, -0.1) is 11.8 Å². The van der Waals surface area contributed by atoms with Crippen molar-refractivity contribution in [2.75, 3.05) is 7.11 Å². The van der Waals surface area contributed by atoms with Gasteiger partial charge in [-0.3, -0.25) is 0 Å². The van der Waals surface area contributed by atoms with Gasteiger partial charge in [0.1, 0.15) is 5.75 Å². The molecule has 0 amide bonds. The van der Waals surface area contributed by atoms with Gasteiger partial charge in [-0.05, 0) is 17.7 Å². The van der Waals surface area contributed by atoms with Crippen LogP contribution in [-0.2, 0) is 0 Å². The van der Waals surface area contributed by atoms with E-state index >= 15 is 0 Å². The Morgan fingerprint density at radius 1 is 1.23 bits per heavy atom. The molecule has 1 aliphatic carbocycles. The Labute approximate surface area is 80.2 Å². The molecule has 0 saturated heterocycles. The molecule has 0 aliphatic heterocycles. The Morgan fingerprint density at radius 3 is 2.38 bits per heavy atom. The Morgan fingerprint density at radius 2 is 1.85 bits per heavy atom. The molecule has 0 heterocycles. The van der Waals surface area contributed by atoms with Gasteiger partial charge in [0, 0.05) is 20.2 Å². The van der Waals surface area contributed by atoms with E-state index < -0.39 is 0 Å². The maximum Gasteiger partial charge on any atom is 0.118 e. The van der Waals surface area contributed by atoms with E-state index in [-0.39, 0.29) is 1.43 Å². The van der Waals surface area contributed by atoms with Crippen molar-refractivity contribution in [2.24, 2.45) is 0 Å². The summed E-state index contributed by atoms with van der Waals surface area (Å²) in [4.78, 5) is 0. The summed E-state index contributed by atoms with van der Waals surface area (Å²) in [6.07, 6.45) is 2.01. The van der Waals surface area contributed by atoms with Gasteiger partial charge in [0.2, 0.25) is 0 Å². The fourth-order valence-corrected chi connectivity index (χ4v) is 1.57. The van der Waals surface area contributed by atoms with Gasteiger partial charge in [0.25, 0.3) is 0 Å². The minimum Gasteiger partial charge on any atom is -0.497 e. The van der Waals surface area contributed by atoms with Crippen LogP contribution in [0, 0.1) is 11.8 Å². The number of ether oxygens (including phenoxy) is 1. The highest BCUT2D eigenvalue weighted by Crippen LogP contribution is 2.27. The number of methoxy groups -OCH3 is 1. The molecular weight excluding hydrogens is 160 g/mol. The van der Waals surface area contributed by atoms with Crippen LogP contribution in [0.3, 0.4) is 0 Å². The van der Waals surface area contributed by atoms with Crippen molar-refractivity contribution < 1.29 is 6.16 Å². The molecule has 0 aromatic heterocycles. The third-order valence-electron chi connectivity index (χ3n) is 2.41. The Kier molecular flexibility index (Phi) is 2.23. The molecule has 0 spiro atoms. The Hall–Kier alpha value is -1.42. The van der Waals surface area contributed by atoms with Crippen LogP contribution in [0.15, 0.2) is 24.3 Å². The van der Waals surface area contributed by atoms with Gasteiger partial charge >= 0.3 is 0 Å². The first kappa shape index (κ1) is 8.19. The first-order valence-corrected chi connectivity index (χ1v) is 4.50. The van der Waals surface area contributed by atoms with Crippen molar-refractivity contribution in [1.82, 2.24) is 0 Å². The second-order valence-electron chi connectivity index (χ2n) is 3.23.